The minimum atomic E-state index is 0.548. The average molecular weight is 272 g/mol. The van der Waals surface area contributed by atoms with Gasteiger partial charge < -0.3 is 10.6 Å². The molecule has 1 saturated carbocycles. The molecule has 2 bridgehead atoms. The third-order valence-corrected chi connectivity index (χ3v) is 4.40. The molecule has 1 aromatic carbocycles. The van der Waals surface area contributed by atoms with Gasteiger partial charge in [-0.25, -0.2) is 0 Å². The molecule has 2 N–H and O–H groups in total. The van der Waals surface area contributed by atoms with Crippen LogP contribution in [-0.2, 0) is 6.42 Å². The molecule has 2 aliphatic rings. The van der Waals surface area contributed by atoms with Crippen molar-refractivity contribution in [2.45, 2.75) is 25.3 Å². The molecule has 0 aromatic heterocycles. The van der Waals surface area contributed by atoms with Crippen molar-refractivity contribution in [2.75, 3.05) is 6.54 Å². The lowest BCUT2D eigenvalue weighted by Gasteiger charge is -2.21. The molecule has 3 atom stereocenters. The van der Waals surface area contributed by atoms with Crippen LogP contribution in [0.2, 0.25) is 0 Å². The molecule has 0 amide bonds. The van der Waals surface area contributed by atoms with Gasteiger partial charge in [0.1, 0.15) is 0 Å². The lowest BCUT2D eigenvalue weighted by Crippen LogP contribution is -2.44. The van der Waals surface area contributed by atoms with Gasteiger partial charge in [-0.2, -0.15) is 0 Å². The fourth-order valence-corrected chi connectivity index (χ4v) is 3.38. The highest BCUT2D eigenvalue weighted by molar-refractivity contribution is 7.80. The van der Waals surface area contributed by atoms with E-state index in [1.807, 2.05) is 6.07 Å². The van der Waals surface area contributed by atoms with Crippen LogP contribution in [0.3, 0.4) is 0 Å². The van der Waals surface area contributed by atoms with Gasteiger partial charge >= 0.3 is 0 Å². The number of fused-ring (bicyclic) bond motifs is 2. The van der Waals surface area contributed by atoms with Gasteiger partial charge in [0.2, 0.25) is 0 Å². The van der Waals surface area contributed by atoms with E-state index >= 15 is 0 Å². The van der Waals surface area contributed by atoms with E-state index in [1.165, 1.54) is 18.4 Å². The Morgan fingerprint density at radius 3 is 2.68 bits per heavy atom. The van der Waals surface area contributed by atoms with E-state index in [4.69, 9.17) is 12.2 Å². The van der Waals surface area contributed by atoms with Crippen LogP contribution in [0.5, 0.6) is 0 Å². The number of thiocarbonyl (C=S) groups is 1. The van der Waals surface area contributed by atoms with Gasteiger partial charge in [-0.1, -0.05) is 42.5 Å². The van der Waals surface area contributed by atoms with Crippen LogP contribution in [0.1, 0.15) is 18.4 Å². The summed E-state index contributed by atoms with van der Waals surface area (Å²) >= 11 is 5.38. The maximum absolute atomic E-state index is 5.38. The number of allylic oxidation sites excluding steroid dienone is 1. The third kappa shape index (κ3) is 3.16. The SMILES string of the molecule is S=C(NCCc1ccccc1)N[C@@H]1C[C@@H]2C=C[C@H]1C2. The number of rotatable bonds is 4. The quantitative estimate of drug-likeness (QED) is 0.651. The van der Waals surface area contributed by atoms with Crippen molar-refractivity contribution in [2.24, 2.45) is 11.8 Å². The standard InChI is InChI=1S/C16H20N2S/c19-16(17-9-8-12-4-2-1-3-5-12)18-15-11-13-6-7-14(15)10-13/h1-7,13-15H,8-11H2,(H2,17,18,19)/t13-,14+,15-/m1/s1. The molecule has 0 radical (unpaired) electrons. The lowest BCUT2D eigenvalue weighted by atomic mass is 10.0. The summed E-state index contributed by atoms with van der Waals surface area (Å²) in [6, 6.07) is 11.1. The first-order chi connectivity index (χ1) is 9.31. The Balaban J connectivity index is 1.39. The Bertz CT molecular complexity index is 469. The van der Waals surface area contributed by atoms with Gasteiger partial charge in [0.15, 0.2) is 5.11 Å². The van der Waals surface area contributed by atoms with Crippen LogP contribution in [-0.4, -0.2) is 17.7 Å². The van der Waals surface area contributed by atoms with Gasteiger partial charge in [-0.3, -0.25) is 0 Å². The highest BCUT2D eigenvalue weighted by Crippen LogP contribution is 2.38. The van der Waals surface area contributed by atoms with Gasteiger partial charge in [-0.15, -0.1) is 0 Å². The molecule has 3 heteroatoms. The second kappa shape index (κ2) is 5.74. The maximum atomic E-state index is 5.38. The zero-order chi connectivity index (χ0) is 13.1. The minimum Gasteiger partial charge on any atom is -0.362 e. The van der Waals surface area contributed by atoms with Gasteiger partial charge in [0, 0.05) is 12.6 Å². The summed E-state index contributed by atoms with van der Waals surface area (Å²) in [5.41, 5.74) is 1.35. The van der Waals surface area contributed by atoms with Crippen molar-refractivity contribution in [1.29, 1.82) is 0 Å². The van der Waals surface area contributed by atoms with E-state index in [9.17, 15) is 0 Å². The van der Waals surface area contributed by atoms with Crippen LogP contribution in [0, 0.1) is 11.8 Å². The van der Waals surface area contributed by atoms with Crippen LogP contribution >= 0.6 is 12.2 Å². The Hall–Kier alpha value is -1.35. The summed E-state index contributed by atoms with van der Waals surface area (Å²) in [6.45, 7) is 0.895. The van der Waals surface area contributed by atoms with Gasteiger partial charge in [-0.05, 0) is 48.9 Å². The predicted octanol–water partition coefficient (Wildman–Crippen LogP) is 2.66. The summed E-state index contributed by atoms with van der Waals surface area (Å²) in [4.78, 5) is 0. The van der Waals surface area contributed by atoms with Gasteiger partial charge in [0.25, 0.3) is 0 Å². The molecule has 2 aliphatic carbocycles. The van der Waals surface area contributed by atoms with Crippen LogP contribution in [0.4, 0.5) is 0 Å². The molecule has 19 heavy (non-hydrogen) atoms. The number of benzene rings is 1. The van der Waals surface area contributed by atoms with E-state index in [0.29, 0.717) is 12.0 Å². The minimum absolute atomic E-state index is 0.548. The first-order valence-corrected chi connectivity index (χ1v) is 7.49. The molecular weight excluding hydrogens is 252 g/mol. The molecule has 1 aromatic rings. The monoisotopic (exact) mass is 272 g/mol. The fraction of sp³-hybridized carbons (Fsp3) is 0.438. The second-order valence-corrected chi connectivity index (χ2v) is 5.93. The Morgan fingerprint density at radius 1 is 1.16 bits per heavy atom. The molecule has 3 rings (SSSR count). The molecule has 0 saturated heterocycles. The number of nitrogens with one attached hydrogen (secondary N) is 2. The largest absolute Gasteiger partial charge is 0.362 e. The Labute approximate surface area is 120 Å². The zero-order valence-corrected chi connectivity index (χ0v) is 11.8. The smallest absolute Gasteiger partial charge is 0.166 e. The summed E-state index contributed by atoms with van der Waals surface area (Å²) < 4.78 is 0. The van der Waals surface area contributed by atoms with E-state index in [0.717, 1.165) is 24.0 Å². The number of hydrogen-bond donors (Lipinski definition) is 2. The average Bonchev–Trinajstić information content (AvgIpc) is 3.02. The van der Waals surface area contributed by atoms with E-state index in [-0.39, 0.29) is 0 Å². The van der Waals surface area contributed by atoms with Crippen molar-refractivity contribution in [1.82, 2.24) is 10.6 Å². The van der Waals surface area contributed by atoms with Crippen LogP contribution < -0.4 is 10.6 Å². The molecular formula is C16H20N2S. The predicted molar refractivity (Wildman–Crippen MR) is 83.0 cm³/mol. The van der Waals surface area contributed by atoms with Crippen LogP contribution in [0.25, 0.3) is 0 Å². The maximum Gasteiger partial charge on any atom is 0.166 e. The summed E-state index contributed by atoms with van der Waals surface area (Å²) in [7, 11) is 0. The fourth-order valence-electron chi connectivity index (χ4n) is 3.13. The normalized spacial score (nSPS) is 27.5. The van der Waals surface area contributed by atoms with E-state index < -0.39 is 0 Å². The summed E-state index contributed by atoms with van der Waals surface area (Å²) in [5, 5.41) is 7.59. The van der Waals surface area contributed by atoms with Crippen LogP contribution in [0.15, 0.2) is 42.5 Å². The highest BCUT2D eigenvalue weighted by atomic mass is 32.1. The molecule has 0 aliphatic heterocycles. The van der Waals surface area contributed by atoms with Crippen molar-refractivity contribution < 1.29 is 0 Å². The summed E-state index contributed by atoms with van der Waals surface area (Å²) in [6.07, 6.45) is 8.26. The van der Waals surface area contributed by atoms with Crippen molar-refractivity contribution in [3.05, 3.63) is 48.0 Å². The van der Waals surface area contributed by atoms with E-state index in [1.54, 1.807) is 0 Å². The third-order valence-electron chi connectivity index (χ3n) is 4.14. The summed E-state index contributed by atoms with van der Waals surface area (Å²) in [5.74, 6) is 1.48. The Morgan fingerprint density at radius 2 is 2.00 bits per heavy atom. The molecule has 100 valence electrons. The molecule has 0 heterocycles. The number of hydrogen-bond acceptors (Lipinski definition) is 1. The first kappa shape index (κ1) is 12.7. The first-order valence-electron chi connectivity index (χ1n) is 7.08. The molecule has 0 unspecified atom stereocenters. The topological polar surface area (TPSA) is 24.1 Å². The second-order valence-electron chi connectivity index (χ2n) is 5.52. The van der Waals surface area contributed by atoms with Gasteiger partial charge in [0.05, 0.1) is 0 Å². The zero-order valence-electron chi connectivity index (χ0n) is 11.0. The van der Waals surface area contributed by atoms with Crippen molar-refractivity contribution >= 4 is 17.3 Å². The highest BCUT2D eigenvalue weighted by Gasteiger charge is 2.35. The van der Waals surface area contributed by atoms with Crippen molar-refractivity contribution in [3.63, 3.8) is 0 Å². The molecule has 2 nitrogen and oxygen atoms in total. The van der Waals surface area contributed by atoms with E-state index in [2.05, 4.69) is 47.1 Å². The molecule has 0 spiro atoms. The van der Waals surface area contributed by atoms with Crippen molar-refractivity contribution in [3.8, 4) is 0 Å². The Kier molecular flexibility index (Phi) is 3.83. The lowest BCUT2D eigenvalue weighted by molar-refractivity contribution is 0.520. The molecule has 1 fully saturated rings.